The van der Waals surface area contributed by atoms with Crippen LogP contribution in [0, 0.1) is 12.7 Å². The highest BCUT2D eigenvalue weighted by molar-refractivity contribution is 5.95. The lowest BCUT2D eigenvalue weighted by Gasteiger charge is -2.10. The predicted molar refractivity (Wildman–Crippen MR) is 109 cm³/mol. The van der Waals surface area contributed by atoms with E-state index in [0.29, 0.717) is 23.7 Å². The topological polar surface area (TPSA) is 76.7 Å². The zero-order valence-electron chi connectivity index (χ0n) is 16.4. The van der Waals surface area contributed by atoms with E-state index in [2.05, 4.69) is 10.9 Å². The number of carbonyl (C=O) groups excluding carboxylic acids is 2. The number of nitrogens with one attached hydrogen (secondary N) is 2. The van der Waals surface area contributed by atoms with E-state index < -0.39 is 17.6 Å². The molecule has 7 heteroatoms. The van der Waals surface area contributed by atoms with E-state index in [-0.39, 0.29) is 12.2 Å². The van der Waals surface area contributed by atoms with Crippen LogP contribution in [0.1, 0.15) is 21.5 Å². The van der Waals surface area contributed by atoms with Crippen molar-refractivity contribution in [2.24, 2.45) is 0 Å². The molecule has 3 rings (SSSR count). The molecule has 0 aliphatic rings. The SMILES string of the molecule is Cc1ccc(C(=O)NNC(=O)COc2ccc(OCc3ccccc3)cc2)cc1F. The van der Waals surface area contributed by atoms with E-state index >= 15 is 0 Å². The highest BCUT2D eigenvalue weighted by atomic mass is 19.1. The second-order valence-electron chi connectivity index (χ2n) is 6.50. The summed E-state index contributed by atoms with van der Waals surface area (Å²) >= 11 is 0. The fourth-order valence-electron chi connectivity index (χ4n) is 2.49. The van der Waals surface area contributed by atoms with Crippen LogP contribution in [0.5, 0.6) is 11.5 Å². The highest BCUT2D eigenvalue weighted by Gasteiger charge is 2.10. The molecule has 0 saturated heterocycles. The zero-order valence-corrected chi connectivity index (χ0v) is 16.4. The van der Waals surface area contributed by atoms with Gasteiger partial charge in [-0.15, -0.1) is 0 Å². The number of ether oxygens (including phenoxy) is 2. The Morgan fingerprint density at radius 1 is 0.867 bits per heavy atom. The van der Waals surface area contributed by atoms with Gasteiger partial charge in [-0.3, -0.25) is 20.4 Å². The van der Waals surface area contributed by atoms with Gasteiger partial charge in [0.2, 0.25) is 0 Å². The van der Waals surface area contributed by atoms with Crippen molar-refractivity contribution in [1.82, 2.24) is 10.9 Å². The summed E-state index contributed by atoms with van der Waals surface area (Å²) in [6, 6.07) is 20.7. The van der Waals surface area contributed by atoms with Gasteiger partial charge >= 0.3 is 0 Å². The van der Waals surface area contributed by atoms with E-state index in [1.165, 1.54) is 12.1 Å². The van der Waals surface area contributed by atoms with Gasteiger partial charge < -0.3 is 9.47 Å². The van der Waals surface area contributed by atoms with Gasteiger partial charge in [0.05, 0.1) is 0 Å². The fourth-order valence-corrected chi connectivity index (χ4v) is 2.49. The number of amides is 2. The van der Waals surface area contributed by atoms with Crippen molar-refractivity contribution in [2.45, 2.75) is 13.5 Å². The maximum Gasteiger partial charge on any atom is 0.276 e. The monoisotopic (exact) mass is 408 g/mol. The normalized spacial score (nSPS) is 10.2. The minimum Gasteiger partial charge on any atom is -0.489 e. The lowest BCUT2D eigenvalue weighted by atomic mass is 10.1. The molecule has 0 saturated carbocycles. The van der Waals surface area contributed by atoms with Crippen LogP contribution < -0.4 is 20.3 Å². The maximum absolute atomic E-state index is 13.5. The molecule has 3 aromatic carbocycles. The van der Waals surface area contributed by atoms with Gasteiger partial charge in [-0.2, -0.15) is 0 Å². The van der Waals surface area contributed by atoms with Crippen LogP contribution in [-0.4, -0.2) is 18.4 Å². The van der Waals surface area contributed by atoms with Crippen molar-refractivity contribution in [1.29, 1.82) is 0 Å². The molecule has 0 aromatic heterocycles. The second-order valence-corrected chi connectivity index (χ2v) is 6.50. The molecule has 154 valence electrons. The van der Waals surface area contributed by atoms with Gasteiger partial charge in [0.1, 0.15) is 23.9 Å². The van der Waals surface area contributed by atoms with E-state index in [1.54, 1.807) is 31.2 Å². The molecule has 0 aliphatic heterocycles. The number of carbonyl (C=O) groups is 2. The Balaban J connectivity index is 1.40. The lowest BCUT2D eigenvalue weighted by Crippen LogP contribution is -2.43. The van der Waals surface area contributed by atoms with Crippen molar-refractivity contribution in [3.05, 3.63) is 95.3 Å². The number of hydrogen-bond acceptors (Lipinski definition) is 4. The number of benzene rings is 3. The van der Waals surface area contributed by atoms with Crippen molar-refractivity contribution in [2.75, 3.05) is 6.61 Å². The molecular weight excluding hydrogens is 387 g/mol. The smallest absolute Gasteiger partial charge is 0.276 e. The van der Waals surface area contributed by atoms with Gasteiger partial charge in [0.15, 0.2) is 6.61 Å². The molecule has 0 spiro atoms. The molecule has 0 fully saturated rings. The summed E-state index contributed by atoms with van der Waals surface area (Å²) in [5.74, 6) is -0.520. The summed E-state index contributed by atoms with van der Waals surface area (Å²) in [7, 11) is 0. The number of aryl methyl sites for hydroxylation is 1. The molecule has 2 amide bonds. The average molecular weight is 408 g/mol. The van der Waals surface area contributed by atoms with Gasteiger partial charge in [0.25, 0.3) is 11.8 Å². The number of rotatable bonds is 7. The number of halogens is 1. The Hall–Kier alpha value is -3.87. The van der Waals surface area contributed by atoms with Gasteiger partial charge in [-0.05, 0) is 54.4 Å². The van der Waals surface area contributed by atoms with E-state index in [4.69, 9.17) is 9.47 Å². The Morgan fingerprint density at radius 2 is 1.53 bits per heavy atom. The van der Waals surface area contributed by atoms with Crippen LogP contribution in [-0.2, 0) is 11.4 Å². The first-order valence-corrected chi connectivity index (χ1v) is 9.26. The largest absolute Gasteiger partial charge is 0.489 e. The van der Waals surface area contributed by atoms with Gasteiger partial charge in [0, 0.05) is 5.56 Å². The summed E-state index contributed by atoms with van der Waals surface area (Å²) in [6.07, 6.45) is 0. The molecule has 0 aliphatic carbocycles. The summed E-state index contributed by atoms with van der Waals surface area (Å²) < 4.78 is 24.6. The fraction of sp³-hybridized carbons (Fsp3) is 0.130. The van der Waals surface area contributed by atoms with Crippen LogP contribution >= 0.6 is 0 Å². The lowest BCUT2D eigenvalue weighted by molar-refractivity contribution is -0.123. The molecule has 0 unspecified atom stereocenters. The van der Waals surface area contributed by atoms with Gasteiger partial charge in [-0.1, -0.05) is 36.4 Å². The van der Waals surface area contributed by atoms with Crippen LogP contribution in [0.25, 0.3) is 0 Å². The van der Waals surface area contributed by atoms with Crippen LogP contribution in [0.3, 0.4) is 0 Å². The first-order valence-electron chi connectivity index (χ1n) is 9.26. The molecule has 30 heavy (non-hydrogen) atoms. The molecule has 0 atom stereocenters. The van der Waals surface area contributed by atoms with Crippen molar-refractivity contribution in [3.8, 4) is 11.5 Å². The van der Waals surface area contributed by atoms with Crippen molar-refractivity contribution < 1.29 is 23.5 Å². The molecule has 0 bridgehead atoms. The molecule has 0 heterocycles. The Morgan fingerprint density at radius 3 is 2.20 bits per heavy atom. The summed E-state index contributed by atoms with van der Waals surface area (Å²) in [4.78, 5) is 23.8. The standard InChI is InChI=1S/C23H21FN2O4/c1-16-7-8-18(13-21(16)24)23(28)26-25-22(27)15-30-20-11-9-19(10-12-20)29-14-17-5-3-2-4-6-17/h2-13H,14-15H2,1H3,(H,25,27)(H,26,28). The Kier molecular flexibility index (Phi) is 7.00. The first kappa shape index (κ1) is 20.9. The van der Waals surface area contributed by atoms with Gasteiger partial charge in [-0.25, -0.2) is 4.39 Å². The zero-order chi connectivity index (χ0) is 21.3. The summed E-state index contributed by atoms with van der Waals surface area (Å²) in [5.41, 5.74) is 6.04. The second kappa shape index (κ2) is 10.1. The Bertz CT molecular complexity index is 1010. The summed E-state index contributed by atoms with van der Waals surface area (Å²) in [5, 5.41) is 0. The molecule has 2 N–H and O–H groups in total. The van der Waals surface area contributed by atoms with Crippen LogP contribution in [0.2, 0.25) is 0 Å². The van der Waals surface area contributed by atoms with Crippen molar-refractivity contribution in [3.63, 3.8) is 0 Å². The maximum atomic E-state index is 13.5. The van der Waals surface area contributed by atoms with E-state index in [9.17, 15) is 14.0 Å². The predicted octanol–water partition coefficient (Wildman–Crippen LogP) is 3.55. The Labute approximate surface area is 173 Å². The first-order chi connectivity index (χ1) is 14.5. The van der Waals surface area contributed by atoms with Crippen LogP contribution in [0.15, 0.2) is 72.8 Å². The van der Waals surface area contributed by atoms with E-state index in [1.807, 2.05) is 30.3 Å². The van der Waals surface area contributed by atoms with Crippen molar-refractivity contribution >= 4 is 11.8 Å². The molecule has 6 nitrogen and oxygen atoms in total. The molecule has 0 radical (unpaired) electrons. The number of hydrogen-bond donors (Lipinski definition) is 2. The minimum absolute atomic E-state index is 0.102. The highest BCUT2D eigenvalue weighted by Crippen LogP contribution is 2.18. The minimum atomic E-state index is -0.623. The molecule has 3 aromatic rings. The van der Waals surface area contributed by atoms with Crippen LogP contribution in [0.4, 0.5) is 4.39 Å². The third kappa shape index (κ3) is 6.07. The number of hydrazine groups is 1. The average Bonchev–Trinajstić information content (AvgIpc) is 2.78. The third-order valence-corrected chi connectivity index (χ3v) is 4.19. The van der Waals surface area contributed by atoms with E-state index in [0.717, 1.165) is 11.6 Å². The molecular formula is C23H21FN2O4. The quantitative estimate of drug-likeness (QED) is 0.586. The summed E-state index contributed by atoms with van der Waals surface area (Å²) in [6.45, 7) is 1.75. The third-order valence-electron chi connectivity index (χ3n) is 4.19.